The van der Waals surface area contributed by atoms with Crippen LogP contribution in [0.25, 0.3) is 0 Å². The Hall–Kier alpha value is -2.15. The molecule has 1 aliphatic rings. The second-order valence-electron chi connectivity index (χ2n) is 6.08. The van der Waals surface area contributed by atoms with Gasteiger partial charge in [-0.2, -0.15) is 5.10 Å². The lowest BCUT2D eigenvalue weighted by Gasteiger charge is -2.15. The number of nitrogens with zero attached hydrogens (tertiary/aromatic N) is 3. The van der Waals surface area contributed by atoms with Crippen LogP contribution in [0.2, 0.25) is 0 Å². The first-order chi connectivity index (χ1) is 11.2. The number of aromatic nitrogens is 3. The number of amides is 1. The van der Waals surface area contributed by atoms with E-state index < -0.39 is 0 Å². The number of carbonyl (C=O) groups is 1. The highest BCUT2D eigenvalue weighted by atomic mass is 16.5. The lowest BCUT2D eigenvalue weighted by molar-refractivity contribution is -0.130. The molecule has 0 aromatic carbocycles. The molecule has 1 amide bonds. The van der Waals surface area contributed by atoms with E-state index in [1.807, 2.05) is 24.1 Å². The summed E-state index contributed by atoms with van der Waals surface area (Å²) in [5, 5.41) is 10.6. The van der Waals surface area contributed by atoms with Gasteiger partial charge in [0.1, 0.15) is 5.76 Å². The average molecular weight is 318 g/mol. The molecular formula is C16H22N4O3. The number of hydrogen-bond donors (Lipinski definition) is 1. The number of rotatable bonds is 6. The molecule has 0 unspecified atom stereocenters. The Bertz CT molecular complexity index is 638. The fraction of sp³-hybridized carbons (Fsp3) is 0.562. The van der Waals surface area contributed by atoms with Crippen LogP contribution in [-0.4, -0.2) is 52.5 Å². The lowest BCUT2D eigenvalue weighted by atomic mass is 10.0. The van der Waals surface area contributed by atoms with E-state index in [9.17, 15) is 4.79 Å². The van der Waals surface area contributed by atoms with Gasteiger partial charge in [0.05, 0.1) is 18.0 Å². The summed E-state index contributed by atoms with van der Waals surface area (Å²) in [6.45, 7) is 3.24. The van der Waals surface area contributed by atoms with Crippen LogP contribution >= 0.6 is 0 Å². The van der Waals surface area contributed by atoms with Gasteiger partial charge in [0.25, 0.3) is 0 Å². The number of H-pyrrole nitrogens is 1. The molecule has 2 atom stereocenters. The van der Waals surface area contributed by atoms with Crippen molar-refractivity contribution >= 4 is 5.91 Å². The first kappa shape index (κ1) is 15.7. The third kappa shape index (κ3) is 3.79. The molecule has 3 heterocycles. The Kier molecular flexibility index (Phi) is 4.76. The fourth-order valence-corrected chi connectivity index (χ4v) is 3.10. The summed E-state index contributed by atoms with van der Waals surface area (Å²) in [4.78, 5) is 14.3. The van der Waals surface area contributed by atoms with Crippen LogP contribution in [0.1, 0.15) is 23.4 Å². The van der Waals surface area contributed by atoms with Gasteiger partial charge in [0, 0.05) is 51.2 Å². The Morgan fingerprint density at radius 1 is 1.52 bits per heavy atom. The Balaban J connectivity index is 1.55. The minimum absolute atomic E-state index is 0.0401. The van der Waals surface area contributed by atoms with Gasteiger partial charge in [0.15, 0.2) is 0 Å². The molecule has 1 fully saturated rings. The lowest BCUT2D eigenvalue weighted by Crippen LogP contribution is -2.30. The first-order valence-electron chi connectivity index (χ1n) is 7.86. The highest BCUT2D eigenvalue weighted by molar-refractivity contribution is 5.76. The molecule has 124 valence electrons. The molecule has 7 heteroatoms. The molecule has 2 aromatic heterocycles. The maximum atomic E-state index is 12.4. The normalized spacial score (nSPS) is 21.0. The molecule has 0 bridgehead atoms. The van der Waals surface area contributed by atoms with E-state index in [0.29, 0.717) is 25.9 Å². The smallest absolute Gasteiger partial charge is 0.223 e. The molecule has 1 N–H and O–H groups in total. The zero-order valence-electron chi connectivity index (χ0n) is 13.5. The largest absolute Gasteiger partial charge is 0.379 e. The van der Waals surface area contributed by atoms with E-state index in [1.165, 1.54) is 0 Å². The van der Waals surface area contributed by atoms with Gasteiger partial charge in [0.2, 0.25) is 5.91 Å². The van der Waals surface area contributed by atoms with Crippen molar-refractivity contribution in [3.63, 3.8) is 0 Å². The molecule has 0 aliphatic carbocycles. The summed E-state index contributed by atoms with van der Waals surface area (Å²) in [5.41, 5.74) is 1.93. The quantitative estimate of drug-likeness (QED) is 0.869. The van der Waals surface area contributed by atoms with Gasteiger partial charge in [-0.15, -0.1) is 0 Å². The van der Waals surface area contributed by atoms with Crippen molar-refractivity contribution in [3.8, 4) is 0 Å². The van der Waals surface area contributed by atoms with Gasteiger partial charge in [-0.25, -0.2) is 0 Å². The van der Waals surface area contributed by atoms with Crippen LogP contribution in [0, 0.1) is 12.8 Å². The van der Waals surface area contributed by atoms with Crippen LogP contribution in [0.5, 0.6) is 0 Å². The van der Waals surface area contributed by atoms with E-state index in [-0.39, 0.29) is 17.9 Å². The van der Waals surface area contributed by atoms with Crippen molar-refractivity contribution in [1.82, 2.24) is 20.3 Å². The molecule has 7 nitrogen and oxygen atoms in total. The molecule has 3 rings (SSSR count). The summed E-state index contributed by atoms with van der Waals surface area (Å²) in [5.74, 6) is 1.25. The summed E-state index contributed by atoms with van der Waals surface area (Å²) in [6, 6.07) is 1.94. The fourth-order valence-electron chi connectivity index (χ4n) is 3.10. The topological polar surface area (TPSA) is 84.2 Å². The van der Waals surface area contributed by atoms with E-state index in [2.05, 4.69) is 15.4 Å². The summed E-state index contributed by atoms with van der Waals surface area (Å²) in [7, 11) is 1.70. The first-order valence-corrected chi connectivity index (χ1v) is 7.86. The molecule has 23 heavy (non-hydrogen) atoms. The zero-order valence-corrected chi connectivity index (χ0v) is 13.5. The third-order valence-corrected chi connectivity index (χ3v) is 4.36. The number of ether oxygens (including phenoxy) is 1. The number of likely N-dealkylation sites (tertiary alicyclic amines) is 1. The van der Waals surface area contributed by atoms with E-state index in [4.69, 9.17) is 9.26 Å². The van der Waals surface area contributed by atoms with Gasteiger partial charge in [-0.3, -0.25) is 9.89 Å². The second-order valence-corrected chi connectivity index (χ2v) is 6.08. The monoisotopic (exact) mass is 318 g/mol. The van der Waals surface area contributed by atoms with E-state index >= 15 is 0 Å². The molecular weight excluding hydrogens is 296 g/mol. The van der Waals surface area contributed by atoms with Crippen LogP contribution in [-0.2, 0) is 22.4 Å². The summed E-state index contributed by atoms with van der Waals surface area (Å²) >= 11 is 0. The van der Waals surface area contributed by atoms with Crippen molar-refractivity contribution < 1.29 is 14.1 Å². The Labute approximate surface area is 135 Å². The summed E-state index contributed by atoms with van der Waals surface area (Å²) in [6.07, 6.45) is 5.55. The van der Waals surface area contributed by atoms with Crippen LogP contribution in [0.3, 0.4) is 0 Å². The minimum atomic E-state index is 0.0401. The van der Waals surface area contributed by atoms with Gasteiger partial charge in [-0.1, -0.05) is 5.16 Å². The molecule has 1 saturated heterocycles. The third-order valence-electron chi connectivity index (χ3n) is 4.36. The van der Waals surface area contributed by atoms with Crippen molar-refractivity contribution in [2.24, 2.45) is 5.92 Å². The molecule has 0 radical (unpaired) electrons. The number of nitrogens with one attached hydrogen (secondary N) is 1. The van der Waals surface area contributed by atoms with Crippen LogP contribution < -0.4 is 0 Å². The SMILES string of the molecule is CO[C@H]1CN(C(=O)CCc2cn[nH]c2)C[C@H]1Cc1cc(C)no1. The van der Waals surface area contributed by atoms with Crippen LogP contribution in [0.15, 0.2) is 23.0 Å². The predicted molar refractivity (Wildman–Crippen MR) is 82.7 cm³/mol. The van der Waals surface area contributed by atoms with Crippen molar-refractivity contribution in [1.29, 1.82) is 0 Å². The zero-order chi connectivity index (χ0) is 16.2. The van der Waals surface area contributed by atoms with Gasteiger partial charge < -0.3 is 14.2 Å². The van der Waals surface area contributed by atoms with E-state index in [1.54, 1.807) is 13.3 Å². The number of hydrogen-bond acceptors (Lipinski definition) is 5. The molecule has 0 spiro atoms. The Morgan fingerprint density at radius 2 is 2.39 bits per heavy atom. The summed E-state index contributed by atoms with van der Waals surface area (Å²) < 4.78 is 10.9. The maximum absolute atomic E-state index is 12.4. The minimum Gasteiger partial charge on any atom is -0.379 e. The average Bonchev–Trinajstić information content (AvgIpc) is 3.26. The molecule has 2 aromatic rings. The van der Waals surface area contributed by atoms with Crippen molar-refractivity contribution in [2.75, 3.05) is 20.2 Å². The number of aryl methyl sites for hydroxylation is 2. The molecule has 0 saturated carbocycles. The predicted octanol–water partition coefficient (Wildman–Crippen LogP) is 1.35. The number of methoxy groups -OCH3 is 1. The maximum Gasteiger partial charge on any atom is 0.223 e. The van der Waals surface area contributed by atoms with E-state index in [0.717, 1.165) is 23.4 Å². The highest BCUT2D eigenvalue weighted by Gasteiger charge is 2.35. The molecule has 1 aliphatic heterocycles. The van der Waals surface area contributed by atoms with Gasteiger partial charge in [-0.05, 0) is 18.9 Å². The number of carbonyl (C=O) groups excluding carboxylic acids is 1. The van der Waals surface area contributed by atoms with Crippen molar-refractivity contribution in [3.05, 3.63) is 35.5 Å². The highest BCUT2D eigenvalue weighted by Crippen LogP contribution is 2.24. The second kappa shape index (κ2) is 6.95. The van der Waals surface area contributed by atoms with Crippen LogP contribution in [0.4, 0.5) is 0 Å². The van der Waals surface area contributed by atoms with Crippen molar-refractivity contribution in [2.45, 2.75) is 32.3 Å². The Morgan fingerprint density at radius 3 is 3.04 bits per heavy atom. The standard InChI is InChI=1S/C16H22N4O3/c1-11-5-14(23-19-11)6-13-9-20(10-15(13)22-2)16(21)4-3-12-7-17-18-8-12/h5,7-8,13,15H,3-4,6,9-10H2,1-2H3,(H,17,18)/t13-,15+/m1/s1. The van der Waals surface area contributed by atoms with Gasteiger partial charge >= 0.3 is 0 Å². The number of aromatic amines is 1.